The fourth-order valence-electron chi connectivity index (χ4n) is 2.41. The Hall–Kier alpha value is -1.69. The first kappa shape index (κ1) is 15.7. The van der Waals surface area contributed by atoms with E-state index in [-0.39, 0.29) is 5.92 Å². The van der Waals surface area contributed by atoms with Crippen LogP contribution in [0.15, 0.2) is 16.6 Å². The van der Waals surface area contributed by atoms with Crippen molar-refractivity contribution in [3.63, 3.8) is 0 Å². The van der Waals surface area contributed by atoms with Gasteiger partial charge in [-0.25, -0.2) is 0 Å². The lowest BCUT2D eigenvalue weighted by molar-refractivity contribution is 0.349. The summed E-state index contributed by atoms with van der Waals surface area (Å²) < 4.78 is 13.5. The van der Waals surface area contributed by atoms with Crippen LogP contribution in [0, 0.1) is 0 Å². The number of nitrogens with two attached hydrogens (primary N) is 1. The lowest BCUT2D eigenvalue weighted by Gasteiger charge is -2.20. The third-order valence-electron chi connectivity index (χ3n) is 3.41. The van der Waals surface area contributed by atoms with Crippen LogP contribution in [0.1, 0.15) is 25.3 Å². The number of hydrogen-bond acceptors (Lipinski definition) is 4. The molecule has 0 aliphatic rings. The molecule has 6 heteroatoms. The third-order valence-corrected chi connectivity index (χ3v) is 4.00. The summed E-state index contributed by atoms with van der Waals surface area (Å²) in [6.07, 6.45) is 0. The number of benzene rings is 1. The highest BCUT2D eigenvalue weighted by Gasteiger charge is 2.23. The van der Waals surface area contributed by atoms with Crippen molar-refractivity contribution in [2.24, 2.45) is 7.05 Å². The van der Waals surface area contributed by atoms with E-state index in [0.29, 0.717) is 11.6 Å². The Morgan fingerprint density at radius 3 is 2.24 bits per heavy atom. The molecule has 0 radical (unpaired) electrons. The van der Waals surface area contributed by atoms with Crippen LogP contribution in [-0.2, 0) is 7.05 Å². The van der Waals surface area contributed by atoms with Crippen molar-refractivity contribution in [1.82, 2.24) is 9.78 Å². The van der Waals surface area contributed by atoms with E-state index in [4.69, 9.17) is 15.2 Å². The van der Waals surface area contributed by atoms with E-state index < -0.39 is 0 Å². The van der Waals surface area contributed by atoms with Crippen LogP contribution in [0.5, 0.6) is 11.5 Å². The lowest BCUT2D eigenvalue weighted by Crippen LogP contribution is -2.02. The Bertz CT molecular complexity index is 646. The predicted molar refractivity (Wildman–Crippen MR) is 87.9 cm³/mol. The van der Waals surface area contributed by atoms with Gasteiger partial charge in [0.2, 0.25) is 0 Å². The second kappa shape index (κ2) is 5.97. The molecule has 2 rings (SSSR count). The van der Waals surface area contributed by atoms with Gasteiger partial charge in [-0.15, -0.1) is 0 Å². The Balaban J connectivity index is 2.79. The fraction of sp³-hybridized carbons (Fsp3) is 0.400. The largest absolute Gasteiger partial charge is 0.492 e. The Morgan fingerprint density at radius 2 is 1.81 bits per heavy atom. The van der Waals surface area contributed by atoms with Crippen LogP contribution in [0.25, 0.3) is 11.3 Å². The minimum Gasteiger partial charge on any atom is -0.492 e. The van der Waals surface area contributed by atoms with E-state index in [1.807, 2.05) is 19.2 Å². The molecule has 0 aliphatic heterocycles. The Morgan fingerprint density at radius 1 is 1.19 bits per heavy atom. The maximum atomic E-state index is 5.90. The highest BCUT2D eigenvalue weighted by atomic mass is 79.9. The normalized spacial score (nSPS) is 11.0. The van der Waals surface area contributed by atoms with Crippen molar-refractivity contribution in [3.8, 4) is 22.8 Å². The van der Waals surface area contributed by atoms with Crippen LogP contribution in [0.2, 0.25) is 0 Å². The number of nitrogens with zero attached hydrogens (tertiary/aromatic N) is 2. The minimum absolute atomic E-state index is 0.250. The van der Waals surface area contributed by atoms with Crippen LogP contribution in [0.4, 0.5) is 5.82 Å². The van der Waals surface area contributed by atoms with Crippen molar-refractivity contribution in [2.45, 2.75) is 19.8 Å². The number of hydrogen-bond donors (Lipinski definition) is 1. The summed E-state index contributed by atoms with van der Waals surface area (Å²) in [4.78, 5) is 0. The minimum atomic E-state index is 0.250. The van der Waals surface area contributed by atoms with E-state index in [1.165, 1.54) is 0 Å². The molecular weight excluding hydrogens is 334 g/mol. The van der Waals surface area contributed by atoms with Crippen molar-refractivity contribution in [1.29, 1.82) is 0 Å². The quantitative estimate of drug-likeness (QED) is 0.912. The van der Waals surface area contributed by atoms with E-state index >= 15 is 0 Å². The van der Waals surface area contributed by atoms with Gasteiger partial charge in [0, 0.05) is 24.2 Å². The number of halogens is 1. The number of aryl methyl sites for hydroxylation is 1. The molecule has 0 unspecified atom stereocenters. The molecule has 0 saturated carbocycles. The van der Waals surface area contributed by atoms with Gasteiger partial charge < -0.3 is 15.2 Å². The van der Waals surface area contributed by atoms with Crippen LogP contribution in [0.3, 0.4) is 0 Å². The highest BCUT2D eigenvalue weighted by Crippen LogP contribution is 2.46. The van der Waals surface area contributed by atoms with Crippen molar-refractivity contribution in [2.75, 3.05) is 20.0 Å². The Kier molecular flexibility index (Phi) is 4.46. The third kappa shape index (κ3) is 2.72. The first-order valence-corrected chi connectivity index (χ1v) is 7.44. The Labute approximate surface area is 133 Å². The van der Waals surface area contributed by atoms with Crippen molar-refractivity contribution < 1.29 is 9.47 Å². The number of nitrogen functional groups attached to an aromatic ring is 1. The SMILES string of the molecule is COc1c(Br)cc(-c2cc(N)n(C)n2)c(C(C)C)c1OC. The summed E-state index contributed by atoms with van der Waals surface area (Å²) in [5.41, 5.74) is 8.76. The molecule has 1 aromatic heterocycles. The maximum Gasteiger partial charge on any atom is 0.175 e. The monoisotopic (exact) mass is 353 g/mol. The highest BCUT2D eigenvalue weighted by molar-refractivity contribution is 9.10. The molecule has 5 nitrogen and oxygen atoms in total. The molecule has 0 bridgehead atoms. The second-order valence-electron chi connectivity index (χ2n) is 5.12. The van der Waals surface area contributed by atoms with E-state index in [1.54, 1.807) is 18.9 Å². The van der Waals surface area contributed by atoms with Crippen molar-refractivity contribution >= 4 is 21.7 Å². The van der Waals surface area contributed by atoms with Gasteiger partial charge in [0.25, 0.3) is 0 Å². The summed E-state index contributed by atoms with van der Waals surface area (Å²) in [6, 6.07) is 3.86. The molecular formula is C15H20BrN3O2. The molecule has 1 heterocycles. The summed E-state index contributed by atoms with van der Waals surface area (Å²) in [6.45, 7) is 4.22. The molecule has 0 atom stereocenters. The lowest BCUT2D eigenvalue weighted by atomic mass is 9.93. The number of methoxy groups -OCH3 is 2. The zero-order valence-electron chi connectivity index (χ0n) is 12.9. The van der Waals surface area contributed by atoms with Gasteiger partial charge in [0.15, 0.2) is 11.5 Å². The van der Waals surface area contributed by atoms with Gasteiger partial charge in [-0.2, -0.15) is 5.10 Å². The summed E-state index contributed by atoms with van der Waals surface area (Å²) in [5, 5.41) is 4.47. The van der Waals surface area contributed by atoms with Gasteiger partial charge in [0.1, 0.15) is 5.82 Å². The number of aromatic nitrogens is 2. The number of rotatable bonds is 4. The maximum absolute atomic E-state index is 5.90. The molecule has 21 heavy (non-hydrogen) atoms. The van der Waals surface area contributed by atoms with Gasteiger partial charge in [-0.05, 0) is 27.9 Å². The topological polar surface area (TPSA) is 62.3 Å². The molecule has 114 valence electrons. The van der Waals surface area contributed by atoms with E-state index in [9.17, 15) is 0 Å². The smallest absolute Gasteiger partial charge is 0.175 e. The molecule has 0 amide bonds. The first-order valence-electron chi connectivity index (χ1n) is 6.64. The average Bonchev–Trinajstić information content (AvgIpc) is 2.76. The molecule has 2 aromatic rings. The molecule has 1 aromatic carbocycles. The summed E-state index contributed by atoms with van der Waals surface area (Å²) in [7, 11) is 5.10. The van der Waals surface area contributed by atoms with Gasteiger partial charge >= 0.3 is 0 Å². The van der Waals surface area contributed by atoms with Crippen LogP contribution in [-0.4, -0.2) is 24.0 Å². The number of ether oxygens (including phenoxy) is 2. The van der Waals surface area contributed by atoms with Gasteiger partial charge in [0.05, 0.1) is 24.4 Å². The molecule has 0 saturated heterocycles. The fourth-order valence-corrected chi connectivity index (χ4v) is 2.99. The van der Waals surface area contributed by atoms with E-state index in [0.717, 1.165) is 27.0 Å². The number of anilines is 1. The van der Waals surface area contributed by atoms with E-state index in [2.05, 4.69) is 34.9 Å². The zero-order valence-corrected chi connectivity index (χ0v) is 14.5. The standard InChI is InChI=1S/C15H20BrN3O2/c1-8(2)13-9(11-7-12(17)19(3)18-11)6-10(16)14(20-4)15(13)21-5/h6-8H,17H2,1-5H3. The summed E-state index contributed by atoms with van der Waals surface area (Å²) in [5.74, 6) is 2.28. The summed E-state index contributed by atoms with van der Waals surface area (Å²) >= 11 is 3.53. The second-order valence-corrected chi connectivity index (χ2v) is 5.97. The molecule has 0 spiro atoms. The van der Waals surface area contributed by atoms with Crippen molar-refractivity contribution in [3.05, 3.63) is 22.2 Å². The average molecular weight is 354 g/mol. The van der Waals surface area contributed by atoms with Gasteiger partial charge in [-0.3, -0.25) is 4.68 Å². The van der Waals surface area contributed by atoms with Gasteiger partial charge in [-0.1, -0.05) is 13.8 Å². The molecule has 2 N–H and O–H groups in total. The molecule has 0 aliphatic carbocycles. The molecule has 0 fully saturated rings. The predicted octanol–water partition coefficient (Wildman–Crippen LogP) is 3.57. The van der Waals surface area contributed by atoms with Crippen LogP contribution >= 0.6 is 15.9 Å². The van der Waals surface area contributed by atoms with Crippen LogP contribution < -0.4 is 15.2 Å². The first-order chi connectivity index (χ1) is 9.90. The zero-order chi connectivity index (χ0) is 15.7.